The van der Waals surface area contributed by atoms with Gasteiger partial charge in [-0.25, -0.2) is 0 Å². The second kappa shape index (κ2) is 6.01. The van der Waals surface area contributed by atoms with E-state index in [0.717, 1.165) is 5.01 Å². The lowest BCUT2D eigenvalue weighted by Crippen LogP contribution is -2.39. The molecule has 0 bridgehead atoms. The number of phenolic OH excluding ortho intramolecular Hbond substituents is 1. The van der Waals surface area contributed by atoms with Crippen LogP contribution in [0.25, 0.3) is 0 Å². The maximum absolute atomic E-state index is 12.4. The van der Waals surface area contributed by atoms with Crippen molar-refractivity contribution < 1.29 is 14.7 Å². The van der Waals surface area contributed by atoms with Crippen LogP contribution in [0.5, 0.6) is 5.75 Å². The molecule has 0 spiro atoms. The first kappa shape index (κ1) is 14.9. The summed E-state index contributed by atoms with van der Waals surface area (Å²) in [7, 11) is 0. The monoisotopic (exact) mass is 315 g/mol. The number of hydrogen-bond donors (Lipinski definition) is 2. The van der Waals surface area contributed by atoms with Gasteiger partial charge in [0, 0.05) is 12.3 Å². The number of benzene rings is 1. The summed E-state index contributed by atoms with van der Waals surface area (Å²) in [6, 6.07) is 5.99. The number of para-hydroxylation sites is 1. The minimum absolute atomic E-state index is 0.0180. The molecule has 1 atom stereocenters. The van der Waals surface area contributed by atoms with E-state index in [2.05, 4.69) is 31.1 Å². The molecule has 1 aromatic carbocycles. The number of imide groups is 1. The minimum Gasteiger partial charge on any atom is -0.507 e. The van der Waals surface area contributed by atoms with Crippen molar-refractivity contribution in [3.63, 3.8) is 0 Å². The zero-order chi connectivity index (χ0) is 16.4. The van der Waals surface area contributed by atoms with Crippen LogP contribution in [0.15, 0.2) is 50.0 Å². The van der Waals surface area contributed by atoms with Crippen LogP contribution in [0.2, 0.25) is 0 Å². The predicted molar refractivity (Wildman–Crippen MR) is 77.4 cm³/mol. The minimum atomic E-state index is -0.671. The summed E-state index contributed by atoms with van der Waals surface area (Å²) < 4.78 is 0. The van der Waals surface area contributed by atoms with Gasteiger partial charge < -0.3 is 5.11 Å². The fourth-order valence-corrected chi connectivity index (χ4v) is 2.22. The van der Waals surface area contributed by atoms with Crippen molar-refractivity contribution in [2.24, 2.45) is 31.7 Å². The van der Waals surface area contributed by atoms with Crippen molar-refractivity contribution in [3.8, 4) is 5.75 Å². The third-order valence-corrected chi connectivity index (χ3v) is 3.46. The lowest BCUT2D eigenvalue weighted by molar-refractivity contribution is -0.129. The van der Waals surface area contributed by atoms with E-state index < -0.39 is 24.0 Å². The van der Waals surface area contributed by atoms with E-state index in [9.17, 15) is 14.7 Å². The molecular weight excluding hydrogens is 302 g/mol. The fourth-order valence-electron chi connectivity index (χ4n) is 2.22. The average Bonchev–Trinajstić information content (AvgIpc) is 3.14. The van der Waals surface area contributed by atoms with Gasteiger partial charge in [-0.15, -0.1) is 10.2 Å². The molecule has 2 aliphatic rings. The Morgan fingerprint density at radius 2 is 2.00 bits per heavy atom. The first-order valence-corrected chi connectivity index (χ1v) is 6.82. The van der Waals surface area contributed by atoms with Crippen molar-refractivity contribution in [2.45, 2.75) is 13.2 Å². The quantitative estimate of drug-likeness (QED) is 0.804. The standard InChI is InChI=1S/C13H13N7O3/c1-7-9(6-14-13-15-18-19-16-13)12(23)20(17-7)11(22)8-4-2-3-5-10(8)21/h2-5,9,13-14,21H,6H2,1H3. The molecule has 0 aromatic heterocycles. The zero-order valence-corrected chi connectivity index (χ0v) is 12.1. The highest BCUT2D eigenvalue weighted by Crippen LogP contribution is 2.23. The Labute approximate surface area is 130 Å². The van der Waals surface area contributed by atoms with Crippen LogP contribution in [0.4, 0.5) is 0 Å². The van der Waals surface area contributed by atoms with Crippen LogP contribution in [-0.2, 0) is 4.79 Å². The Bertz CT molecular complexity index is 731. The zero-order valence-electron chi connectivity index (χ0n) is 12.1. The number of nitrogens with zero attached hydrogens (tertiary/aromatic N) is 6. The number of hydrazone groups is 1. The Morgan fingerprint density at radius 3 is 2.70 bits per heavy atom. The Kier molecular flexibility index (Phi) is 3.89. The maximum atomic E-state index is 12.4. The Balaban J connectivity index is 1.72. The normalized spacial score (nSPS) is 20.4. The van der Waals surface area contributed by atoms with Gasteiger partial charge in [0.1, 0.15) is 5.75 Å². The second-order valence-electron chi connectivity index (χ2n) is 4.96. The lowest BCUT2D eigenvalue weighted by Gasteiger charge is -2.14. The molecule has 2 aliphatic heterocycles. The van der Waals surface area contributed by atoms with Gasteiger partial charge in [-0.3, -0.25) is 14.9 Å². The van der Waals surface area contributed by atoms with Crippen molar-refractivity contribution >= 4 is 17.5 Å². The molecule has 2 heterocycles. The number of phenols is 1. The smallest absolute Gasteiger partial charge is 0.284 e. The van der Waals surface area contributed by atoms with Crippen LogP contribution in [-0.4, -0.2) is 40.5 Å². The maximum Gasteiger partial charge on any atom is 0.284 e. The van der Waals surface area contributed by atoms with Crippen molar-refractivity contribution in [2.75, 3.05) is 6.54 Å². The summed E-state index contributed by atoms with van der Waals surface area (Å²) >= 11 is 0. The number of aromatic hydroxyl groups is 1. The van der Waals surface area contributed by atoms with Crippen LogP contribution in [0, 0.1) is 5.92 Å². The third kappa shape index (κ3) is 2.83. The van der Waals surface area contributed by atoms with E-state index in [4.69, 9.17) is 0 Å². The molecular formula is C13H13N7O3. The third-order valence-electron chi connectivity index (χ3n) is 3.46. The van der Waals surface area contributed by atoms with Gasteiger partial charge in [-0.2, -0.15) is 10.1 Å². The highest BCUT2D eigenvalue weighted by Gasteiger charge is 2.38. The van der Waals surface area contributed by atoms with Crippen LogP contribution >= 0.6 is 0 Å². The molecule has 0 saturated heterocycles. The number of rotatable bonds is 4. The number of nitrogens with one attached hydrogen (secondary N) is 1. The highest BCUT2D eigenvalue weighted by atomic mass is 16.3. The highest BCUT2D eigenvalue weighted by molar-refractivity contribution is 6.16. The van der Waals surface area contributed by atoms with E-state index >= 15 is 0 Å². The average molecular weight is 315 g/mol. The van der Waals surface area contributed by atoms with Crippen LogP contribution < -0.4 is 5.32 Å². The summed E-state index contributed by atoms with van der Waals surface area (Å²) in [6.07, 6.45) is -0.626. The van der Waals surface area contributed by atoms with Gasteiger partial charge in [-0.1, -0.05) is 12.1 Å². The number of carbonyl (C=O) groups excluding carboxylic acids is 2. The summed E-state index contributed by atoms with van der Waals surface area (Å²) in [6.45, 7) is 1.85. The van der Waals surface area contributed by atoms with E-state index in [-0.39, 0.29) is 17.9 Å². The second-order valence-corrected chi connectivity index (χ2v) is 4.96. The molecule has 0 fully saturated rings. The summed E-state index contributed by atoms with van der Waals surface area (Å²) in [5.74, 6) is -1.97. The molecule has 0 radical (unpaired) electrons. The van der Waals surface area contributed by atoms with Crippen LogP contribution in [0.3, 0.4) is 0 Å². The molecule has 118 valence electrons. The van der Waals surface area contributed by atoms with Gasteiger partial charge in [0.25, 0.3) is 11.8 Å². The molecule has 1 aromatic rings. The van der Waals surface area contributed by atoms with Gasteiger partial charge in [-0.05, 0) is 29.5 Å². The fraction of sp³-hybridized carbons (Fsp3) is 0.308. The molecule has 1 unspecified atom stereocenters. The molecule has 10 heteroatoms. The van der Waals surface area contributed by atoms with Crippen LogP contribution in [0.1, 0.15) is 17.3 Å². The van der Waals surface area contributed by atoms with Gasteiger partial charge in [0.05, 0.1) is 11.5 Å². The Morgan fingerprint density at radius 1 is 1.30 bits per heavy atom. The van der Waals surface area contributed by atoms with E-state index in [1.807, 2.05) is 0 Å². The van der Waals surface area contributed by atoms with Crippen molar-refractivity contribution in [1.29, 1.82) is 0 Å². The SMILES string of the molecule is CC1=NN(C(=O)c2ccccc2O)C(=O)C1CNC1N=NN=N1. The summed E-state index contributed by atoms with van der Waals surface area (Å²) in [5.41, 5.74) is 0.502. The van der Waals surface area contributed by atoms with Gasteiger partial charge in [0.2, 0.25) is 6.29 Å². The number of carbonyl (C=O) groups is 2. The molecule has 0 saturated carbocycles. The lowest BCUT2D eigenvalue weighted by atomic mass is 10.0. The van der Waals surface area contributed by atoms with Gasteiger partial charge >= 0.3 is 0 Å². The number of hydrogen-bond acceptors (Lipinski definition) is 9. The molecule has 3 rings (SSSR count). The molecule has 2 N–H and O–H groups in total. The summed E-state index contributed by atoms with van der Waals surface area (Å²) in [5, 5.41) is 31.5. The predicted octanol–water partition coefficient (Wildman–Crippen LogP) is 1.07. The molecule has 10 nitrogen and oxygen atoms in total. The first-order chi connectivity index (χ1) is 11.1. The van der Waals surface area contributed by atoms with Crippen molar-refractivity contribution in [1.82, 2.24) is 10.3 Å². The van der Waals surface area contributed by atoms with E-state index in [0.29, 0.717) is 5.71 Å². The van der Waals surface area contributed by atoms with E-state index in [1.165, 1.54) is 12.1 Å². The topological polar surface area (TPSA) is 131 Å². The van der Waals surface area contributed by atoms with Crippen molar-refractivity contribution in [3.05, 3.63) is 29.8 Å². The molecule has 2 amide bonds. The number of amides is 2. The van der Waals surface area contributed by atoms with Gasteiger partial charge in [0.15, 0.2) is 0 Å². The van der Waals surface area contributed by atoms with E-state index in [1.54, 1.807) is 19.1 Å². The first-order valence-electron chi connectivity index (χ1n) is 6.82. The summed E-state index contributed by atoms with van der Waals surface area (Å²) in [4.78, 5) is 24.8. The largest absolute Gasteiger partial charge is 0.507 e. The molecule has 23 heavy (non-hydrogen) atoms. The molecule has 0 aliphatic carbocycles. The Hall–Kier alpha value is -3.01.